The van der Waals surface area contributed by atoms with E-state index in [2.05, 4.69) is 43.0 Å². The van der Waals surface area contributed by atoms with Crippen molar-refractivity contribution < 1.29 is 5.11 Å². The Bertz CT molecular complexity index is 256. The number of aryl methyl sites for hydroxylation is 1. The van der Waals surface area contributed by atoms with Crippen LogP contribution in [0.2, 0.25) is 0 Å². The van der Waals surface area contributed by atoms with Gasteiger partial charge in [-0.3, -0.25) is 0 Å². The molecule has 78 valence electrons. The molecule has 2 heteroatoms. The van der Waals surface area contributed by atoms with Crippen LogP contribution >= 0.6 is 0 Å². The van der Waals surface area contributed by atoms with Crippen molar-refractivity contribution in [3.63, 3.8) is 0 Å². The first-order chi connectivity index (χ1) is 6.77. The zero-order valence-electron chi connectivity index (χ0n) is 9.03. The molecule has 0 bridgehead atoms. The Morgan fingerprint density at radius 3 is 2.36 bits per heavy atom. The van der Waals surface area contributed by atoms with E-state index in [0.717, 1.165) is 19.5 Å². The fourth-order valence-corrected chi connectivity index (χ4v) is 1.49. The molecule has 0 heterocycles. The first-order valence-corrected chi connectivity index (χ1v) is 5.20. The fourth-order valence-electron chi connectivity index (χ4n) is 1.49. The molecular weight excluding hydrogens is 174 g/mol. The molecule has 0 saturated heterocycles. The number of aliphatic hydroxyl groups is 1. The van der Waals surface area contributed by atoms with Gasteiger partial charge in [0, 0.05) is 25.4 Å². The molecule has 0 amide bonds. The number of aliphatic hydroxyl groups excluding tert-OH is 1. The summed E-state index contributed by atoms with van der Waals surface area (Å²) in [5, 5.41) is 8.78. The van der Waals surface area contributed by atoms with E-state index in [4.69, 9.17) is 5.11 Å². The number of nitrogens with zero attached hydrogens (tertiary/aromatic N) is 1. The van der Waals surface area contributed by atoms with Gasteiger partial charge >= 0.3 is 0 Å². The summed E-state index contributed by atoms with van der Waals surface area (Å²) in [5.74, 6) is 0. The lowest BCUT2D eigenvalue weighted by molar-refractivity contribution is 0.289. The van der Waals surface area contributed by atoms with Crippen LogP contribution in [0.3, 0.4) is 0 Å². The number of anilines is 1. The van der Waals surface area contributed by atoms with Crippen LogP contribution in [0.1, 0.15) is 18.9 Å². The summed E-state index contributed by atoms with van der Waals surface area (Å²) in [6.45, 7) is 6.41. The Labute approximate surface area is 86.2 Å². The molecule has 1 rings (SSSR count). The Balaban J connectivity index is 2.64. The van der Waals surface area contributed by atoms with Crippen LogP contribution < -0.4 is 4.90 Å². The van der Waals surface area contributed by atoms with Crippen LogP contribution in [0.5, 0.6) is 0 Å². The highest BCUT2D eigenvalue weighted by atomic mass is 16.3. The van der Waals surface area contributed by atoms with E-state index in [-0.39, 0.29) is 6.61 Å². The van der Waals surface area contributed by atoms with Gasteiger partial charge in [0.05, 0.1) is 0 Å². The summed E-state index contributed by atoms with van der Waals surface area (Å²) < 4.78 is 0. The Morgan fingerprint density at radius 2 is 1.86 bits per heavy atom. The highest BCUT2D eigenvalue weighted by Gasteiger charge is 2.02. The first kappa shape index (κ1) is 11.1. The quantitative estimate of drug-likeness (QED) is 0.775. The smallest absolute Gasteiger partial charge is 0.0447 e. The molecule has 0 aromatic heterocycles. The van der Waals surface area contributed by atoms with Crippen LogP contribution in [0.15, 0.2) is 24.3 Å². The summed E-state index contributed by atoms with van der Waals surface area (Å²) in [6.07, 6.45) is 0.835. The van der Waals surface area contributed by atoms with Gasteiger partial charge in [-0.2, -0.15) is 0 Å². The Kier molecular flexibility index (Phi) is 4.47. The molecular formula is C12H19NO. The second-order valence-electron chi connectivity index (χ2n) is 3.49. The van der Waals surface area contributed by atoms with Gasteiger partial charge in [0.15, 0.2) is 0 Å². The lowest BCUT2D eigenvalue weighted by Crippen LogP contribution is -2.24. The maximum absolute atomic E-state index is 8.78. The normalized spacial score (nSPS) is 10.2. The minimum absolute atomic E-state index is 0.266. The van der Waals surface area contributed by atoms with Crippen molar-refractivity contribution >= 4 is 5.69 Å². The van der Waals surface area contributed by atoms with E-state index >= 15 is 0 Å². The largest absolute Gasteiger partial charge is 0.396 e. The third-order valence-corrected chi connectivity index (χ3v) is 2.37. The van der Waals surface area contributed by atoms with Crippen molar-refractivity contribution in [2.45, 2.75) is 20.3 Å². The zero-order chi connectivity index (χ0) is 10.4. The monoisotopic (exact) mass is 193 g/mol. The third kappa shape index (κ3) is 3.04. The van der Waals surface area contributed by atoms with Crippen LogP contribution in [-0.2, 0) is 0 Å². The molecule has 1 aromatic rings. The van der Waals surface area contributed by atoms with Gasteiger partial charge in [-0.05, 0) is 32.4 Å². The molecule has 0 spiro atoms. The molecule has 0 aliphatic rings. The molecule has 0 atom stereocenters. The second kappa shape index (κ2) is 5.66. The SMILES string of the molecule is CCN(CCCO)c1ccc(C)cc1. The molecule has 0 fully saturated rings. The minimum atomic E-state index is 0.266. The van der Waals surface area contributed by atoms with Crippen molar-refractivity contribution in [1.82, 2.24) is 0 Å². The van der Waals surface area contributed by atoms with Crippen LogP contribution in [0.4, 0.5) is 5.69 Å². The molecule has 1 N–H and O–H groups in total. The standard InChI is InChI=1S/C12H19NO/c1-3-13(9-4-10-14)12-7-5-11(2)6-8-12/h5-8,14H,3-4,9-10H2,1-2H3. The summed E-state index contributed by atoms with van der Waals surface area (Å²) >= 11 is 0. The topological polar surface area (TPSA) is 23.5 Å². The van der Waals surface area contributed by atoms with Crippen molar-refractivity contribution in [3.05, 3.63) is 29.8 Å². The molecule has 0 saturated carbocycles. The predicted octanol–water partition coefficient (Wildman–Crippen LogP) is 2.20. The van der Waals surface area contributed by atoms with Gasteiger partial charge in [-0.25, -0.2) is 0 Å². The average Bonchev–Trinajstić information content (AvgIpc) is 2.21. The van der Waals surface area contributed by atoms with Gasteiger partial charge < -0.3 is 10.0 Å². The maximum atomic E-state index is 8.78. The van der Waals surface area contributed by atoms with E-state index in [1.165, 1.54) is 11.3 Å². The molecule has 14 heavy (non-hydrogen) atoms. The molecule has 1 aromatic carbocycles. The van der Waals surface area contributed by atoms with Gasteiger partial charge in [0.25, 0.3) is 0 Å². The number of benzene rings is 1. The van der Waals surface area contributed by atoms with E-state index in [1.54, 1.807) is 0 Å². The van der Waals surface area contributed by atoms with Crippen molar-refractivity contribution in [3.8, 4) is 0 Å². The molecule has 0 radical (unpaired) electrons. The highest BCUT2D eigenvalue weighted by molar-refractivity contribution is 5.47. The van der Waals surface area contributed by atoms with E-state index in [9.17, 15) is 0 Å². The van der Waals surface area contributed by atoms with E-state index in [1.807, 2.05) is 0 Å². The molecule has 2 nitrogen and oxygen atoms in total. The van der Waals surface area contributed by atoms with Gasteiger partial charge in [-0.1, -0.05) is 17.7 Å². The van der Waals surface area contributed by atoms with Crippen molar-refractivity contribution in [2.75, 3.05) is 24.6 Å². The Hall–Kier alpha value is -1.02. The fraction of sp³-hybridized carbons (Fsp3) is 0.500. The predicted molar refractivity (Wildman–Crippen MR) is 60.8 cm³/mol. The summed E-state index contributed by atoms with van der Waals surface area (Å²) in [6, 6.07) is 8.51. The molecule has 0 aliphatic heterocycles. The number of hydrogen-bond acceptors (Lipinski definition) is 2. The summed E-state index contributed by atoms with van der Waals surface area (Å²) in [7, 11) is 0. The number of rotatable bonds is 5. The zero-order valence-corrected chi connectivity index (χ0v) is 9.03. The van der Waals surface area contributed by atoms with Crippen LogP contribution in [-0.4, -0.2) is 24.8 Å². The van der Waals surface area contributed by atoms with Gasteiger partial charge in [-0.15, -0.1) is 0 Å². The average molecular weight is 193 g/mol. The van der Waals surface area contributed by atoms with Crippen LogP contribution in [0, 0.1) is 6.92 Å². The molecule has 0 aliphatic carbocycles. The molecule has 0 unspecified atom stereocenters. The first-order valence-electron chi connectivity index (χ1n) is 5.20. The highest BCUT2D eigenvalue weighted by Crippen LogP contribution is 2.14. The summed E-state index contributed by atoms with van der Waals surface area (Å²) in [4.78, 5) is 2.27. The lowest BCUT2D eigenvalue weighted by Gasteiger charge is -2.22. The lowest BCUT2D eigenvalue weighted by atomic mass is 10.2. The third-order valence-electron chi connectivity index (χ3n) is 2.37. The minimum Gasteiger partial charge on any atom is -0.396 e. The second-order valence-corrected chi connectivity index (χ2v) is 3.49. The Morgan fingerprint density at radius 1 is 1.21 bits per heavy atom. The summed E-state index contributed by atoms with van der Waals surface area (Å²) in [5.41, 5.74) is 2.53. The van der Waals surface area contributed by atoms with Gasteiger partial charge in [0.2, 0.25) is 0 Å². The van der Waals surface area contributed by atoms with Crippen molar-refractivity contribution in [2.24, 2.45) is 0 Å². The maximum Gasteiger partial charge on any atom is 0.0447 e. The number of hydrogen-bond donors (Lipinski definition) is 1. The van der Waals surface area contributed by atoms with Gasteiger partial charge in [0.1, 0.15) is 0 Å². The van der Waals surface area contributed by atoms with E-state index < -0.39 is 0 Å². The van der Waals surface area contributed by atoms with E-state index in [0.29, 0.717) is 0 Å². The van der Waals surface area contributed by atoms with Crippen molar-refractivity contribution in [1.29, 1.82) is 0 Å². The van der Waals surface area contributed by atoms with Crippen LogP contribution in [0.25, 0.3) is 0 Å².